The minimum atomic E-state index is -0.609. The van der Waals surface area contributed by atoms with Crippen LogP contribution in [0.15, 0.2) is 59.1 Å². The number of aromatic nitrogens is 4. The van der Waals surface area contributed by atoms with Crippen molar-refractivity contribution >= 4 is 27.7 Å². The molecule has 25 heavy (non-hydrogen) atoms. The van der Waals surface area contributed by atoms with Crippen LogP contribution in [0.4, 0.5) is 0 Å². The van der Waals surface area contributed by atoms with E-state index in [2.05, 4.69) is 31.3 Å². The zero-order valence-electron chi connectivity index (χ0n) is 13.0. The predicted molar refractivity (Wildman–Crippen MR) is 92.7 cm³/mol. The molecule has 0 bridgehead atoms. The van der Waals surface area contributed by atoms with Crippen molar-refractivity contribution in [3.8, 4) is 11.4 Å². The number of carbonyl (C=O) groups excluding carboxylic acids is 2. The van der Waals surface area contributed by atoms with E-state index < -0.39 is 5.97 Å². The summed E-state index contributed by atoms with van der Waals surface area (Å²) in [5, 5.41) is 11.8. The van der Waals surface area contributed by atoms with Gasteiger partial charge in [0.1, 0.15) is 0 Å². The summed E-state index contributed by atoms with van der Waals surface area (Å²) >= 11 is 3.29. The average molecular weight is 401 g/mol. The number of esters is 1. The fourth-order valence-corrected chi connectivity index (χ4v) is 2.30. The molecule has 8 heteroatoms. The Kier molecular flexibility index (Phi) is 5.30. The molecule has 0 fully saturated rings. The second-order valence-electron chi connectivity index (χ2n) is 5.10. The van der Waals surface area contributed by atoms with Gasteiger partial charge in [0.2, 0.25) is 5.82 Å². The maximum Gasteiger partial charge on any atom is 0.330 e. The van der Waals surface area contributed by atoms with Gasteiger partial charge in [-0.3, -0.25) is 4.79 Å². The van der Waals surface area contributed by atoms with Crippen LogP contribution in [0.2, 0.25) is 0 Å². The molecule has 3 aromatic rings. The maximum atomic E-state index is 12.0. The van der Waals surface area contributed by atoms with Gasteiger partial charge in [0.05, 0.1) is 0 Å². The second-order valence-corrected chi connectivity index (χ2v) is 6.02. The molecule has 0 atom stereocenters. The molecule has 0 amide bonds. The highest BCUT2D eigenvalue weighted by Gasteiger charge is 2.13. The molecule has 1 heterocycles. The quantitative estimate of drug-likeness (QED) is 0.466. The molecule has 0 radical (unpaired) electrons. The zero-order chi connectivity index (χ0) is 17.6. The van der Waals surface area contributed by atoms with E-state index in [0.29, 0.717) is 11.4 Å². The lowest BCUT2D eigenvalue weighted by Crippen LogP contribution is -2.19. The van der Waals surface area contributed by atoms with Gasteiger partial charge in [-0.15, -0.1) is 10.2 Å². The van der Waals surface area contributed by atoms with Crippen molar-refractivity contribution in [2.24, 2.45) is 0 Å². The number of hydrogen-bond acceptors (Lipinski definition) is 6. The van der Waals surface area contributed by atoms with Crippen molar-refractivity contribution in [3.63, 3.8) is 0 Å². The molecule has 0 saturated carbocycles. The number of nitrogens with zero attached hydrogens (tertiary/aromatic N) is 4. The monoisotopic (exact) mass is 400 g/mol. The molecule has 7 nitrogen and oxygen atoms in total. The number of rotatable bonds is 6. The van der Waals surface area contributed by atoms with E-state index in [1.54, 1.807) is 24.3 Å². The van der Waals surface area contributed by atoms with Crippen molar-refractivity contribution in [2.45, 2.75) is 6.54 Å². The molecule has 0 N–H and O–H groups in total. The molecule has 0 aliphatic carbocycles. The van der Waals surface area contributed by atoms with Gasteiger partial charge in [-0.1, -0.05) is 58.4 Å². The Morgan fingerprint density at radius 2 is 1.76 bits per heavy atom. The number of tetrazole rings is 1. The second kappa shape index (κ2) is 7.80. The molecule has 1 aromatic heterocycles. The predicted octanol–water partition coefficient (Wildman–Crippen LogP) is 2.53. The summed E-state index contributed by atoms with van der Waals surface area (Å²) in [5.41, 5.74) is 1.27. The average Bonchev–Trinajstić information content (AvgIpc) is 3.09. The van der Waals surface area contributed by atoms with Gasteiger partial charge in [-0.2, -0.15) is 4.80 Å². The Morgan fingerprint density at radius 1 is 1.04 bits per heavy atom. The summed E-state index contributed by atoms with van der Waals surface area (Å²) < 4.78 is 5.85. The van der Waals surface area contributed by atoms with Crippen LogP contribution in [-0.2, 0) is 16.1 Å². The first-order chi connectivity index (χ1) is 12.1. The van der Waals surface area contributed by atoms with Crippen molar-refractivity contribution in [1.29, 1.82) is 0 Å². The SMILES string of the molecule is O=C(Cn1nnc(-c2ccccc2)n1)OCC(=O)c1ccc(Br)cc1. The number of hydrogen-bond donors (Lipinski definition) is 0. The molecule has 0 saturated heterocycles. The van der Waals surface area contributed by atoms with Gasteiger partial charge in [-0.05, 0) is 17.3 Å². The number of halogens is 1. The summed E-state index contributed by atoms with van der Waals surface area (Å²) in [5.74, 6) is -0.473. The van der Waals surface area contributed by atoms with Gasteiger partial charge in [0.25, 0.3) is 0 Å². The van der Waals surface area contributed by atoms with Crippen molar-refractivity contribution in [3.05, 3.63) is 64.6 Å². The number of Topliss-reactive ketones (excluding diaryl/α,β-unsaturated/α-hetero) is 1. The zero-order valence-corrected chi connectivity index (χ0v) is 14.6. The van der Waals surface area contributed by atoms with Crippen LogP contribution in [0.5, 0.6) is 0 Å². The van der Waals surface area contributed by atoms with Crippen LogP contribution in [0, 0.1) is 0 Å². The topological polar surface area (TPSA) is 87.0 Å². The Balaban J connectivity index is 1.54. The van der Waals surface area contributed by atoms with Crippen molar-refractivity contribution < 1.29 is 14.3 Å². The molecule has 0 spiro atoms. The highest BCUT2D eigenvalue weighted by Crippen LogP contribution is 2.12. The molecular weight excluding hydrogens is 388 g/mol. The van der Waals surface area contributed by atoms with E-state index in [-0.39, 0.29) is 18.9 Å². The van der Waals surface area contributed by atoms with Crippen LogP contribution in [0.25, 0.3) is 11.4 Å². The van der Waals surface area contributed by atoms with Crippen LogP contribution in [0.3, 0.4) is 0 Å². The van der Waals surface area contributed by atoms with E-state index in [0.717, 1.165) is 14.8 Å². The molecule has 2 aromatic carbocycles. The van der Waals surface area contributed by atoms with Gasteiger partial charge in [0.15, 0.2) is 18.9 Å². The Morgan fingerprint density at radius 3 is 2.48 bits per heavy atom. The van der Waals surface area contributed by atoms with Gasteiger partial charge in [0, 0.05) is 15.6 Å². The van der Waals surface area contributed by atoms with Gasteiger partial charge >= 0.3 is 5.97 Å². The first-order valence-corrected chi connectivity index (χ1v) is 8.19. The highest BCUT2D eigenvalue weighted by atomic mass is 79.9. The third-order valence-electron chi connectivity index (χ3n) is 3.29. The van der Waals surface area contributed by atoms with Crippen LogP contribution < -0.4 is 0 Å². The summed E-state index contributed by atoms with van der Waals surface area (Å²) in [6.45, 7) is -0.547. The van der Waals surface area contributed by atoms with Crippen LogP contribution in [-0.4, -0.2) is 38.6 Å². The Bertz CT molecular complexity index is 878. The van der Waals surface area contributed by atoms with Crippen LogP contribution >= 0.6 is 15.9 Å². The molecule has 126 valence electrons. The van der Waals surface area contributed by atoms with Gasteiger partial charge in [-0.25, -0.2) is 4.79 Å². The molecular formula is C17H13BrN4O3. The number of benzene rings is 2. The Labute approximate surface area is 151 Å². The van der Waals surface area contributed by atoms with E-state index in [9.17, 15) is 9.59 Å². The minimum Gasteiger partial charge on any atom is -0.456 e. The van der Waals surface area contributed by atoms with E-state index in [1.165, 1.54) is 0 Å². The normalized spacial score (nSPS) is 10.4. The number of ketones is 1. The third kappa shape index (κ3) is 4.57. The maximum absolute atomic E-state index is 12.0. The number of ether oxygens (including phenoxy) is 1. The lowest BCUT2D eigenvalue weighted by atomic mass is 10.1. The van der Waals surface area contributed by atoms with E-state index in [4.69, 9.17) is 4.74 Å². The summed E-state index contributed by atoms with van der Waals surface area (Å²) in [6.07, 6.45) is 0. The molecule has 0 unspecified atom stereocenters. The van der Waals surface area contributed by atoms with Crippen molar-refractivity contribution in [1.82, 2.24) is 20.2 Å². The van der Waals surface area contributed by atoms with E-state index >= 15 is 0 Å². The van der Waals surface area contributed by atoms with Crippen molar-refractivity contribution in [2.75, 3.05) is 6.61 Å². The highest BCUT2D eigenvalue weighted by molar-refractivity contribution is 9.10. The fraction of sp³-hybridized carbons (Fsp3) is 0.118. The first-order valence-electron chi connectivity index (χ1n) is 7.39. The standard InChI is InChI=1S/C17H13BrN4O3/c18-14-8-6-12(7-9-14)15(23)11-25-16(24)10-22-20-17(19-21-22)13-4-2-1-3-5-13/h1-9H,10-11H2. The lowest BCUT2D eigenvalue weighted by molar-refractivity contribution is -0.143. The third-order valence-corrected chi connectivity index (χ3v) is 3.81. The van der Waals surface area contributed by atoms with Crippen LogP contribution in [0.1, 0.15) is 10.4 Å². The largest absolute Gasteiger partial charge is 0.456 e. The first kappa shape index (κ1) is 17.0. The van der Waals surface area contributed by atoms with Gasteiger partial charge < -0.3 is 4.74 Å². The smallest absolute Gasteiger partial charge is 0.330 e. The van der Waals surface area contributed by atoms with E-state index in [1.807, 2.05) is 30.3 Å². The summed E-state index contributed by atoms with van der Waals surface area (Å²) in [4.78, 5) is 24.9. The molecule has 0 aliphatic rings. The minimum absolute atomic E-state index is 0.215. The summed E-state index contributed by atoms with van der Waals surface area (Å²) in [7, 11) is 0. The Hall–Kier alpha value is -2.87. The summed E-state index contributed by atoms with van der Waals surface area (Å²) in [6, 6.07) is 16.1. The molecule has 0 aliphatic heterocycles. The lowest BCUT2D eigenvalue weighted by Gasteiger charge is -2.04. The fourth-order valence-electron chi connectivity index (χ4n) is 2.04. The molecule has 3 rings (SSSR count). The number of carbonyl (C=O) groups is 2.